The number of aromatic nitrogens is 2. The van der Waals surface area contributed by atoms with Crippen LogP contribution in [0.25, 0.3) is 10.9 Å². The van der Waals surface area contributed by atoms with Crippen molar-refractivity contribution in [1.82, 2.24) is 14.7 Å². The van der Waals surface area contributed by atoms with Crippen molar-refractivity contribution in [3.05, 3.63) is 29.7 Å². The molecule has 2 aromatic rings. The Kier molecular flexibility index (Phi) is 4.46. The number of halogens is 1. The number of nitrogens with two attached hydrogens (primary N) is 1. The zero-order valence-corrected chi connectivity index (χ0v) is 14.5. The maximum absolute atomic E-state index is 13.8. The Morgan fingerprint density at radius 2 is 1.88 bits per heavy atom. The number of carbonyl (C=O) groups is 1. The standard InChI is InChI=1S/C19H25FN4O/c20-14-9-13-11-24(22-18(13)17(10-14)19(21)25)16-7-4-8-23(12-16)15-5-2-1-3-6-15/h9-11,15-16H,1-8,12H2,(H2,21,25). The van der Waals surface area contributed by atoms with E-state index in [-0.39, 0.29) is 11.6 Å². The van der Waals surface area contributed by atoms with Gasteiger partial charge in [-0.1, -0.05) is 19.3 Å². The molecule has 4 rings (SSSR count). The number of amides is 1. The van der Waals surface area contributed by atoms with Crippen LogP contribution in [0.5, 0.6) is 0 Å². The minimum Gasteiger partial charge on any atom is -0.366 e. The first kappa shape index (κ1) is 16.5. The molecule has 1 saturated heterocycles. The highest BCUT2D eigenvalue weighted by molar-refractivity contribution is 6.04. The fraction of sp³-hybridized carbons (Fsp3) is 0.579. The predicted octanol–water partition coefficient (Wildman–Crippen LogP) is 3.24. The first-order valence-electron chi connectivity index (χ1n) is 9.34. The number of piperidine rings is 1. The molecule has 134 valence electrons. The van der Waals surface area contributed by atoms with Crippen molar-refractivity contribution >= 4 is 16.8 Å². The van der Waals surface area contributed by atoms with Gasteiger partial charge in [0.1, 0.15) is 11.3 Å². The molecule has 1 aliphatic heterocycles. The van der Waals surface area contributed by atoms with Gasteiger partial charge in [-0.25, -0.2) is 4.39 Å². The normalized spacial score (nSPS) is 23.2. The van der Waals surface area contributed by atoms with Crippen LogP contribution < -0.4 is 5.73 Å². The highest BCUT2D eigenvalue weighted by Gasteiger charge is 2.28. The van der Waals surface area contributed by atoms with Crippen LogP contribution >= 0.6 is 0 Å². The van der Waals surface area contributed by atoms with Crippen LogP contribution in [-0.4, -0.2) is 39.7 Å². The van der Waals surface area contributed by atoms with Gasteiger partial charge in [0.05, 0.1) is 11.6 Å². The summed E-state index contributed by atoms with van der Waals surface area (Å²) >= 11 is 0. The molecular formula is C19H25FN4O. The topological polar surface area (TPSA) is 64.2 Å². The number of hydrogen-bond acceptors (Lipinski definition) is 3. The van der Waals surface area contributed by atoms with Crippen molar-refractivity contribution in [2.24, 2.45) is 5.73 Å². The number of rotatable bonds is 3. The molecule has 0 bridgehead atoms. The van der Waals surface area contributed by atoms with Crippen LogP contribution in [0, 0.1) is 5.82 Å². The van der Waals surface area contributed by atoms with E-state index in [0.29, 0.717) is 16.9 Å². The lowest BCUT2D eigenvalue weighted by atomic mass is 9.92. The maximum Gasteiger partial charge on any atom is 0.251 e. The van der Waals surface area contributed by atoms with E-state index in [4.69, 9.17) is 5.73 Å². The summed E-state index contributed by atoms with van der Waals surface area (Å²) in [6.07, 6.45) is 10.7. The number of benzene rings is 1. The second kappa shape index (κ2) is 6.75. The first-order valence-corrected chi connectivity index (χ1v) is 9.34. The third kappa shape index (κ3) is 3.27. The average molecular weight is 344 g/mol. The van der Waals surface area contributed by atoms with Crippen molar-refractivity contribution in [1.29, 1.82) is 0 Å². The highest BCUT2D eigenvalue weighted by Crippen LogP contribution is 2.30. The van der Waals surface area contributed by atoms with Gasteiger partial charge >= 0.3 is 0 Å². The Hall–Kier alpha value is -1.95. The van der Waals surface area contributed by atoms with Gasteiger partial charge in [-0.3, -0.25) is 14.4 Å². The van der Waals surface area contributed by atoms with Crippen LogP contribution in [0.15, 0.2) is 18.3 Å². The molecule has 6 heteroatoms. The molecule has 2 aliphatic rings. The van der Waals surface area contributed by atoms with Gasteiger partial charge in [-0.15, -0.1) is 0 Å². The molecular weight excluding hydrogens is 319 g/mol. The van der Waals surface area contributed by atoms with E-state index in [2.05, 4.69) is 10.00 Å². The lowest BCUT2D eigenvalue weighted by molar-refractivity contribution is 0.0976. The van der Waals surface area contributed by atoms with Crippen molar-refractivity contribution < 1.29 is 9.18 Å². The van der Waals surface area contributed by atoms with E-state index in [9.17, 15) is 9.18 Å². The second-order valence-electron chi connectivity index (χ2n) is 7.45. The predicted molar refractivity (Wildman–Crippen MR) is 94.9 cm³/mol. The Bertz CT molecular complexity index is 781. The van der Waals surface area contributed by atoms with E-state index in [1.807, 2.05) is 10.9 Å². The molecule has 2 fully saturated rings. The second-order valence-corrected chi connectivity index (χ2v) is 7.45. The van der Waals surface area contributed by atoms with Gasteiger partial charge in [-0.2, -0.15) is 5.10 Å². The summed E-state index contributed by atoms with van der Waals surface area (Å²) < 4.78 is 15.7. The highest BCUT2D eigenvalue weighted by atomic mass is 19.1. The summed E-state index contributed by atoms with van der Waals surface area (Å²) in [5.41, 5.74) is 6.06. The summed E-state index contributed by atoms with van der Waals surface area (Å²) in [6, 6.07) is 3.57. The average Bonchev–Trinajstić information content (AvgIpc) is 3.05. The van der Waals surface area contributed by atoms with Gasteiger partial charge < -0.3 is 5.73 Å². The monoisotopic (exact) mass is 344 g/mol. The third-order valence-electron chi connectivity index (χ3n) is 5.75. The van der Waals surface area contributed by atoms with Crippen LogP contribution in [-0.2, 0) is 0 Å². The Morgan fingerprint density at radius 3 is 2.64 bits per heavy atom. The SMILES string of the molecule is NC(=O)c1cc(F)cc2cn(C3CCCN(C4CCCCC4)C3)nc12. The summed E-state index contributed by atoms with van der Waals surface area (Å²) in [4.78, 5) is 14.2. The fourth-order valence-corrected chi connectivity index (χ4v) is 4.47. The molecule has 25 heavy (non-hydrogen) atoms. The van der Waals surface area contributed by atoms with Crippen LogP contribution in [0.4, 0.5) is 4.39 Å². The molecule has 0 radical (unpaired) electrons. The number of fused-ring (bicyclic) bond motifs is 1. The number of carbonyl (C=O) groups excluding carboxylic acids is 1. The molecule has 2 heterocycles. The van der Waals surface area contributed by atoms with Gasteiger partial charge in [0.15, 0.2) is 0 Å². The Morgan fingerprint density at radius 1 is 1.12 bits per heavy atom. The summed E-state index contributed by atoms with van der Waals surface area (Å²) in [7, 11) is 0. The minimum atomic E-state index is -0.637. The van der Waals surface area contributed by atoms with Gasteiger partial charge in [0.2, 0.25) is 0 Å². The molecule has 0 spiro atoms. The third-order valence-corrected chi connectivity index (χ3v) is 5.75. The number of likely N-dealkylation sites (tertiary alicyclic amines) is 1. The van der Waals surface area contributed by atoms with Crippen molar-refractivity contribution in [2.75, 3.05) is 13.1 Å². The summed E-state index contributed by atoms with van der Waals surface area (Å²) in [6.45, 7) is 2.14. The smallest absolute Gasteiger partial charge is 0.251 e. The molecule has 1 atom stereocenters. The number of nitrogens with zero attached hydrogens (tertiary/aromatic N) is 3. The molecule has 1 aromatic carbocycles. The van der Waals surface area contributed by atoms with Gasteiger partial charge in [0, 0.05) is 24.2 Å². The number of hydrogen-bond donors (Lipinski definition) is 1. The van der Waals surface area contributed by atoms with E-state index < -0.39 is 11.7 Å². The van der Waals surface area contributed by atoms with E-state index >= 15 is 0 Å². The molecule has 1 saturated carbocycles. The lowest BCUT2D eigenvalue weighted by Gasteiger charge is -2.40. The van der Waals surface area contributed by atoms with Gasteiger partial charge in [-0.05, 0) is 44.4 Å². The van der Waals surface area contributed by atoms with E-state index in [1.165, 1.54) is 44.2 Å². The first-order chi connectivity index (χ1) is 12.1. The fourth-order valence-electron chi connectivity index (χ4n) is 4.47. The summed E-state index contributed by atoms with van der Waals surface area (Å²) in [5, 5.41) is 5.24. The van der Waals surface area contributed by atoms with E-state index in [0.717, 1.165) is 25.9 Å². The zero-order chi connectivity index (χ0) is 17.4. The van der Waals surface area contributed by atoms with Crippen LogP contribution in [0.1, 0.15) is 61.3 Å². The zero-order valence-electron chi connectivity index (χ0n) is 14.5. The largest absolute Gasteiger partial charge is 0.366 e. The van der Waals surface area contributed by atoms with Crippen LogP contribution in [0.3, 0.4) is 0 Å². The Balaban J connectivity index is 1.60. The maximum atomic E-state index is 13.8. The molecule has 5 nitrogen and oxygen atoms in total. The van der Waals surface area contributed by atoms with Gasteiger partial charge in [0.25, 0.3) is 5.91 Å². The van der Waals surface area contributed by atoms with Crippen molar-refractivity contribution in [2.45, 2.75) is 57.0 Å². The molecule has 2 N–H and O–H groups in total. The lowest BCUT2D eigenvalue weighted by Crippen LogP contribution is -2.44. The molecule has 1 unspecified atom stereocenters. The van der Waals surface area contributed by atoms with Crippen molar-refractivity contribution in [3.63, 3.8) is 0 Å². The summed E-state index contributed by atoms with van der Waals surface area (Å²) in [5.74, 6) is -1.09. The Labute approximate surface area is 147 Å². The number of primary amides is 1. The molecule has 1 aromatic heterocycles. The van der Waals surface area contributed by atoms with Crippen LogP contribution in [0.2, 0.25) is 0 Å². The van der Waals surface area contributed by atoms with Crippen molar-refractivity contribution in [3.8, 4) is 0 Å². The molecule has 1 amide bonds. The van der Waals surface area contributed by atoms with E-state index in [1.54, 1.807) is 0 Å². The quantitative estimate of drug-likeness (QED) is 0.930. The molecule has 1 aliphatic carbocycles. The minimum absolute atomic E-state index is 0.161.